The molecule has 0 spiro atoms. The standard InChI is InChI=1S/C33H29FN6O2S2.CH2O2/c1-2-22-5-7-23(8-6-22)17-31(41)38-33(43)37-24-9-10-28(25(34)18-24)42-29-11-12-35-26-19-30(44-32(26)29)27-20-40(21-36-27)16-15-39-13-3-4-14-39;2-1-3/h1,5-12,18-21H,3-4,13-17H2,(H2,37,38,41,43);1H,(H,2,3). The average Bonchev–Trinajstić information content (AvgIpc) is 3.83. The third-order valence-electron chi connectivity index (χ3n) is 7.28. The van der Waals surface area contributed by atoms with E-state index < -0.39 is 5.82 Å². The summed E-state index contributed by atoms with van der Waals surface area (Å²) < 4.78 is 24.0. The lowest BCUT2D eigenvalue weighted by Gasteiger charge is -2.14. The number of imidazole rings is 1. The number of benzene rings is 2. The number of halogens is 1. The molecule has 13 heteroatoms. The third-order valence-corrected chi connectivity index (χ3v) is 8.65. The van der Waals surface area contributed by atoms with E-state index in [1.54, 1.807) is 42.6 Å². The Kier molecular flexibility index (Phi) is 11.2. The summed E-state index contributed by atoms with van der Waals surface area (Å²) in [5, 5.41) is 12.4. The quantitative estimate of drug-likeness (QED) is 0.0996. The van der Waals surface area contributed by atoms with Crippen molar-refractivity contribution in [2.45, 2.75) is 25.8 Å². The Labute approximate surface area is 280 Å². The number of likely N-dealkylation sites (tertiary alicyclic amines) is 1. The second kappa shape index (κ2) is 15.9. The van der Waals surface area contributed by atoms with Gasteiger partial charge in [-0.25, -0.2) is 9.37 Å². The van der Waals surface area contributed by atoms with Crippen molar-refractivity contribution < 1.29 is 23.8 Å². The number of ether oxygens (including phenoxy) is 1. The van der Waals surface area contributed by atoms with Gasteiger partial charge < -0.3 is 29.9 Å². The van der Waals surface area contributed by atoms with Gasteiger partial charge in [-0.1, -0.05) is 18.1 Å². The van der Waals surface area contributed by atoms with Gasteiger partial charge in [0.05, 0.1) is 33.5 Å². The van der Waals surface area contributed by atoms with E-state index in [2.05, 4.69) is 42.2 Å². The molecule has 0 bridgehead atoms. The number of pyridine rings is 1. The van der Waals surface area contributed by atoms with Gasteiger partial charge in [-0.15, -0.1) is 17.8 Å². The summed E-state index contributed by atoms with van der Waals surface area (Å²) in [6.45, 7) is 4.00. The monoisotopic (exact) mass is 670 g/mol. The molecule has 0 aliphatic carbocycles. The Morgan fingerprint density at radius 2 is 1.87 bits per heavy atom. The SMILES string of the molecule is C#Cc1ccc(CC(=O)NC(=S)Nc2ccc(Oc3ccnc4cc(-c5cn(CCN6CCCC6)cn5)sc34)c(F)c2)cc1.O=CO. The van der Waals surface area contributed by atoms with Gasteiger partial charge in [0, 0.05) is 48.9 Å². The van der Waals surface area contributed by atoms with Gasteiger partial charge in [-0.2, -0.15) is 0 Å². The van der Waals surface area contributed by atoms with E-state index >= 15 is 4.39 Å². The number of nitrogens with zero attached hydrogens (tertiary/aromatic N) is 4. The molecule has 5 aromatic rings. The molecule has 240 valence electrons. The molecule has 3 aromatic heterocycles. The van der Waals surface area contributed by atoms with E-state index in [4.69, 9.17) is 33.3 Å². The number of anilines is 1. The minimum absolute atomic E-state index is 0.0505. The number of carboxylic acid groups (broad SMARTS) is 1. The number of aromatic nitrogens is 3. The first-order valence-electron chi connectivity index (χ1n) is 14.7. The molecule has 47 heavy (non-hydrogen) atoms. The van der Waals surface area contributed by atoms with Crippen LogP contribution in [0.5, 0.6) is 11.5 Å². The van der Waals surface area contributed by atoms with Crippen LogP contribution in [0.15, 0.2) is 73.3 Å². The highest BCUT2D eigenvalue weighted by Crippen LogP contribution is 2.39. The van der Waals surface area contributed by atoms with Crippen LogP contribution in [0.25, 0.3) is 20.8 Å². The van der Waals surface area contributed by atoms with Gasteiger partial charge in [0.15, 0.2) is 16.7 Å². The summed E-state index contributed by atoms with van der Waals surface area (Å²) in [5.74, 6) is 2.20. The molecule has 10 nitrogen and oxygen atoms in total. The van der Waals surface area contributed by atoms with Gasteiger partial charge in [0.2, 0.25) is 5.91 Å². The molecular formula is C34H31FN6O4S2. The largest absolute Gasteiger partial charge is 0.483 e. The lowest BCUT2D eigenvalue weighted by Crippen LogP contribution is -2.35. The topological polar surface area (TPSA) is 122 Å². The first-order valence-corrected chi connectivity index (χ1v) is 15.9. The predicted octanol–water partition coefficient (Wildman–Crippen LogP) is 5.92. The van der Waals surface area contributed by atoms with Crippen LogP contribution >= 0.6 is 23.6 Å². The Hall–Kier alpha value is -5.16. The average molecular weight is 671 g/mol. The second-order valence-corrected chi connectivity index (χ2v) is 12.0. The fraction of sp³-hybridized carbons (Fsp3) is 0.206. The fourth-order valence-corrected chi connectivity index (χ4v) is 6.27. The van der Waals surface area contributed by atoms with Crippen molar-refractivity contribution in [2.24, 2.45) is 0 Å². The van der Waals surface area contributed by atoms with Crippen LogP contribution in [-0.4, -0.2) is 61.7 Å². The number of hydrogen-bond acceptors (Lipinski definition) is 8. The van der Waals surface area contributed by atoms with Crippen LogP contribution in [0.4, 0.5) is 10.1 Å². The fourth-order valence-electron chi connectivity index (χ4n) is 5.01. The van der Waals surface area contributed by atoms with Crippen molar-refractivity contribution in [3.05, 3.63) is 90.3 Å². The van der Waals surface area contributed by atoms with Gasteiger partial charge in [-0.05, 0) is 74.0 Å². The highest BCUT2D eigenvalue weighted by atomic mass is 32.1. The van der Waals surface area contributed by atoms with Crippen molar-refractivity contribution in [1.29, 1.82) is 0 Å². The zero-order valence-corrected chi connectivity index (χ0v) is 26.8. The number of amides is 1. The van der Waals surface area contributed by atoms with Crippen LogP contribution in [0.1, 0.15) is 24.0 Å². The van der Waals surface area contributed by atoms with Crippen molar-refractivity contribution >= 4 is 57.0 Å². The number of hydrogen-bond donors (Lipinski definition) is 3. The Bertz CT molecular complexity index is 1910. The van der Waals surface area contributed by atoms with E-state index in [1.165, 1.54) is 49.4 Å². The smallest absolute Gasteiger partial charge is 0.290 e. The molecule has 0 unspecified atom stereocenters. The van der Waals surface area contributed by atoms with Crippen molar-refractivity contribution in [3.8, 4) is 34.4 Å². The molecule has 1 fully saturated rings. The minimum atomic E-state index is -0.587. The van der Waals surface area contributed by atoms with Crippen molar-refractivity contribution in [1.82, 2.24) is 24.8 Å². The molecule has 1 aliphatic heterocycles. The first kappa shape index (κ1) is 33.2. The zero-order chi connectivity index (χ0) is 33.2. The number of thiocarbonyl (C=S) groups is 1. The summed E-state index contributed by atoms with van der Waals surface area (Å²) in [4.78, 5) is 33.3. The maximum Gasteiger partial charge on any atom is 0.290 e. The van der Waals surface area contributed by atoms with Crippen LogP contribution in [0.3, 0.4) is 0 Å². The minimum Gasteiger partial charge on any atom is -0.483 e. The molecule has 2 aromatic carbocycles. The second-order valence-electron chi connectivity index (χ2n) is 10.6. The summed E-state index contributed by atoms with van der Waals surface area (Å²) in [7, 11) is 0. The van der Waals surface area contributed by atoms with Crippen molar-refractivity contribution in [2.75, 3.05) is 25.0 Å². The molecule has 1 aliphatic rings. The van der Waals surface area contributed by atoms with Gasteiger partial charge >= 0.3 is 0 Å². The maximum absolute atomic E-state index is 15.1. The number of terminal acetylenes is 1. The molecule has 6 rings (SSSR count). The highest BCUT2D eigenvalue weighted by molar-refractivity contribution is 7.80. The summed E-state index contributed by atoms with van der Waals surface area (Å²) in [5.41, 5.74) is 3.52. The number of thiophene rings is 1. The molecule has 0 atom stereocenters. The summed E-state index contributed by atoms with van der Waals surface area (Å²) in [6.07, 6.45) is 13.6. The van der Waals surface area contributed by atoms with Gasteiger partial charge in [0.1, 0.15) is 5.75 Å². The van der Waals surface area contributed by atoms with Crippen LogP contribution in [0, 0.1) is 18.2 Å². The van der Waals surface area contributed by atoms with Crippen LogP contribution < -0.4 is 15.4 Å². The Morgan fingerprint density at radius 1 is 1.11 bits per heavy atom. The number of nitrogens with one attached hydrogen (secondary N) is 2. The number of carbonyl (C=O) groups is 2. The number of rotatable bonds is 9. The van der Waals surface area contributed by atoms with Crippen molar-refractivity contribution in [3.63, 3.8) is 0 Å². The first-order chi connectivity index (χ1) is 22.8. The molecule has 0 radical (unpaired) electrons. The van der Waals surface area contributed by atoms with E-state index in [9.17, 15) is 4.79 Å². The lowest BCUT2D eigenvalue weighted by atomic mass is 10.1. The van der Waals surface area contributed by atoms with Gasteiger partial charge in [0.25, 0.3) is 6.47 Å². The molecule has 1 saturated heterocycles. The molecule has 4 heterocycles. The third kappa shape index (κ3) is 8.98. The Morgan fingerprint density at radius 3 is 2.60 bits per heavy atom. The summed E-state index contributed by atoms with van der Waals surface area (Å²) in [6, 6.07) is 15.2. The Balaban J connectivity index is 0.00000139. The molecule has 3 N–H and O–H groups in total. The zero-order valence-electron chi connectivity index (χ0n) is 25.2. The van der Waals surface area contributed by atoms with Gasteiger partial charge in [-0.3, -0.25) is 14.6 Å². The van der Waals surface area contributed by atoms with E-state index in [1.807, 2.05) is 12.4 Å². The predicted molar refractivity (Wildman–Crippen MR) is 184 cm³/mol. The van der Waals surface area contributed by atoms with E-state index in [0.717, 1.165) is 45.0 Å². The van der Waals surface area contributed by atoms with Crippen LogP contribution in [-0.2, 0) is 22.6 Å². The number of carbonyl (C=O) groups excluding carboxylic acids is 1. The molecule has 1 amide bonds. The molecular weight excluding hydrogens is 640 g/mol. The normalized spacial score (nSPS) is 12.5. The molecule has 0 saturated carbocycles. The summed E-state index contributed by atoms with van der Waals surface area (Å²) >= 11 is 6.75. The van der Waals surface area contributed by atoms with Crippen LogP contribution in [0.2, 0.25) is 0 Å². The van der Waals surface area contributed by atoms with E-state index in [-0.39, 0.29) is 29.7 Å². The number of fused-ring (bicyclic) bond motifs is 1. The maximum atomic E-state index is 15.1. The van der Waals surface area contributed by atoms with E-state index in [0.29, 0.717) is 11.4 Å². The lowest BCUT2D eigenvalue weighted by molar-refractivity contribution is -0.123. The highest BCUT2D eigenvalue weighted by Gasteiger charge is 2.16.